The molecular formula is C11H21BO5. The highest BCUT2D eigenvalue weighted by Crippen LogP contribution is 2.37. The van der Waals surface area contributed by atoms with Crippen molar-refractivity contribution in [2.24, 2.45) is 0 Å². The highest BCUT2D eigenvalue weighted by atomic mass is 16.7. The molecule has 0 radical (unpaired) electrons. The van der Waals surface area contributed by atoms with Crippen LogP contribution < -0.4 is 0 Å². The van der Waals surface area contributed by atoms with Crippen LogP contribution in [-0.2, 0) is 23.6 Å². The van der Waals surface area contributed by atoms with E-state index in [9.17, 15) is 4.79 Å². The van der Waals surface area contributed by atoms with E-state index in [-0.39, 0.29) is 23.8 Å². The Morgan fingerprint density at radius 3 is 2.12 bits per heavy atom. The van der Waals surface area contributed by atoms with Crippen LogP contribution in [0.25, 0.3) is 0 Å². The molecule has 1 unspecified atom stereocenters. The number of carbonyl (C=O) groups is 1. The lowest BCUT2D eigenvalue weighted by Crippen LogP contribution is -2.41. The van der Waals surface area contributed by atoms with Crippen molar-refractivity contribution >= 4 is 13.1 Å². The largest absolute Gasteiger partial charge is 0.488 e. The van der Waals surface area contributed by atoms with Crippen LogP contribution >= 0.6 is 0 Å². The van der Waals surface area contributed by atoms with E-state index in [4.69, 9.17) is 14.0 Å². The zero-order chi connectivity index (χ0) is 13.3. The third-order valence-corrected chi connectivity index (χ3v) is 3.35. The summed E-state index contributed by atoms with van der Waals surface area (Å²) in [7, 11) is 0.857. The minimum Gasteiger partial charge on any atom is -0.467 e. The molecular weight excluding hydrogens is 223 g/mol. The average Bonchev–Trinajstić information content (AvgIpc) is 2.44. The van der Waals surface area contributed by atoms with Gasteiger partial charge in [0.25, 0.3) is 0 Å². The Morgan fingerprint density at radius 1 is 1.24 bits per heavy atom. The van der Waals surface area contributed by atoms with E-state index in [1.54, 1.807) is 0 Å². The highest BCUT2D eigenvalue weighted by molar-refractivity contribution is 6.47. The first-order chi connectivity index (χ1) is 7.69. The number of ether oxygens (including phenoxy) is 2. The molecule has 1 fully saturated rings. The Kier molecular flexibility index (Phi) is 4.22. The van der Waals surface area contributed by atoms with E-state index < -0.39 is 13.1 Å². The second kappa shape index (κ2) is 4.96. The molecule has 0 amide bonds. The van der Waals surface area contributed by atoms with Crippen LogP contribution in [0, 0.1) is 0 Å². The van der Waals surface area contributed by atoms with Gasteiger partial charge in [-0.2, -0.15) is 0 Å². The molecule has 0 N–H and O–H groups in total. The summed E-state index contributed by atoms with van der Waals surface area (Å²) < 4.78 is 21.4. The molecule has 0 aromatic carbocycles. The summed E-state index contributed by atoms with van der Waals surface area (Å²) in [6.45, 7) is 9.60. The molecule has 0 aliphatic carbocycles. The van der Waals surface area contributed by atoms with Gasteiger partial charge >= 0.3 is 13.1 Å². The highest BCUT2D eigenvalue weighted by Gasteiger charge is 2.53. The van der Waals surface area contributed by atoms with E-state index >= 15 is 0 Å². The van der Waals surface area contributed by atoms with Gasteiger partial charge in [0, 0.05) is 0 Å². The Bertz CT molecular complexity index is 274. The third-order valence-electron chi connectivity index (χ3n) is 3.35. The van der Waals surface area contributed by atoms with Gasteiger partial charge in [0.1, 0.15) is 6.61 Å². The van der Waals surface area contributed by atoms with Gasteiger partial charge in [-0.1, -0.05) is 0 Å². The van der Waals surface area contributed by atoms with Crippen molar-refractivity contribution in [2.45, 2.75) is 51.8 Å². The zero-order valence-corrected chi connectivity index (χ0v) is 11.4. The number of esters is 1. The summed E-state index contributed by atoms with van der Waals surface area (Å²) in [6, 6.07) is -0.324. The fraction of sp³-hybridized carbons (Fsp3) is 0.909. The van der Waals surface area contributed by atoms with E-state index in [2.05, 4.69) is 4.74 Å². The normalized spacial score (nSPS) is 23.5. The first-order valence-electron chi connectivity index (χ1n) is 5.73. The SMILES string of the molecule is COC(=O)COC(C)B1OC(C)(C)C(C)(C)O1. The Morgan fingerprint density at radius 2 is 1.71 bits per heavy atom. The number of hydrogen-bond acceptors (Lipinski definition) is 5. The number of rotatable bonds is 4. The van der Waals surface area contributed by atoms with Gasteiger partial charge < -0.3 is 18.8 Å². The van der Waals surface area contributed by atoms with Crippen molar-refractivity contribution in [3.63, 3.8) is 0 Å². The van der Waals surface area contributed by atoms with Crippen LogP contribution in [0.4, 0.5) is 0 Å². The molecule has 1 aliphatic rings. The molecule has 0 saturated carbocycles. The van der Waals surface area contributed by atoms with E-state index in [1.165, 1.54) is 7.11 Å². The summed E-state index contributed by atoms with van der Waals surface area (Å²) in [4.78, 5) is 11.0. The number of methoxy groups -OCH3 is 1. The Hall–Kier alpha value is -0.585. The molecule has 1 atom stereocenters. The van der Waals surface area contributed by atoms with Gasteiger partial charge in [0.15, 0.2) is 0 Å². The molecule has 0 aromatic rings. The fourth-order valence-corrected chi connectivity index (χ4v) is 1.42. The van der Waals surface area contributed by atoms with Crippen LogP contribution in [-0.4, -0.2) is 44.0 Å². The molecule has 0 aromatic heterocycles. The van der Waals surface area contributed by atoms with Crippen LogP contribution in [0.15, 0.2) is 0 Å². The van der Waals surface area contributed by atoms with E-state index in [0.29, 0.717) is 0 Å². The van der Waals surface area contributed by atoms with Crippen LogP contribution in [0.5, 0.6) is 0 Å². The van der Waals surface area contributed by atoms with Gasteiger partial charge in [-0.3, -0.25) is 0 Å². The van der Waals surface area contributed by atoms with Crippen molar-refractivity contribution in [1.29, 1.82) is 0 Å². The van der Waals surface area contributed by atoms with Gasteiger partial charge in [0.05, 0.1) is 24.3 Å². The second-order valence-corrected chi connectivity index (χ2v) is 5.22. The predicted octanol–water partition coefficient (Wildman–Crippen LogP) is 1.20. The van der Waals surface area contributed by atoms with Crippen molar-refractivity contribution in [3.8, 4) is 0 Å². The maximum atomic E-state index is 11.0. The van der Waals surface area contributed by atoms with Gasteiger partial charge in [0.2, 0.25) is 0 Å². The lowest BCUT2D eigenvalue weighted by molar-refractivity contribution is -0.146. The van der Waals surface area contributed by atoms with Crippen LogP contribution in [0.3, 0.4) is 0 Å². The standard InChI is InChI=1S/C11H21BO5/c1-8(15-7-9(13)14-6)12-16-10(2,3)11(4,5)17-12/h8H,7H2,1-6H3. The Labute approximate surface area is 103 Å². The molecule has 6 heteroatoms. The minimum atomic E-state index is -0.468. The molecule has 1 aliphatic heterocycles. The van der Waals surface area contributed by atoms with Gasteiger partial charge in [-0.05, 0) is 34.6 Å². The summed E-state index contributed by atoms with van der Waals surface area (Å²) in [5.74, 6) is -0.409. The monoisotopic (exact) mass is 244 g/mol. The molecule has 1 heterocycles. The summed E-state index contributed by atoms with van der Waals surface area (Å²) in [6.07, 6.45) is 0. The molecule has 17 heavy (non-hydrogen) atoms. The average molecular weight is 244 g/mol. The summed E-state index contributed by atoms with van der Waals surface area (Å²) >= 11 is 0. The first-order valence-corrected chi connectivity index (χ1v) is 5.73. The lowest BCUT2D eigenvalue weighted by Gasteiger charge is -2.32. The number of hydrogen-bond donors (Lipinski definition) is 0. The molecule has 1 saturated heterocycles. The molecule has 1 rings (SSSR count). The number of carbonyl (C=O) groups excluding carboxylic acids is 1. The molecule has 98 valence electrons. The van der Waals surface area contributed by atoms with Crippen molar-refractivity contribution in [1.82, 2.24) is 0 Å². The van der Waals surface area contributed by atoms with Gasteiger partial charge in [-0.25, -0.2) is 4.79 Å². The quantitative estimate of drug-likeness (QED) is 0.549. The lowest BCUT2D eigenvalue weighted by atomic mass is 9.82. The van der Waals surface area contributed by atoms with Crippen molar-refractivity contribution < 1.29 is 23.6 Å². The summed E-state index contributed by atoms with van der Waals surface area (Å²) in [5, 5.41) is 0. The van der Waals surface area contributed by atoms with E-state index in [0.717, 1.165) is 0 Å². The van der Waals surface area contributed by atoms with E-state index in [1.807, 2.05) is 34.6 Å². The smallest absolute Gasteiger partial charge is 0.467 e. The predicted molar refractivity (Wildman–Crippen MR) is 63.5 cm³/mol. The Balaban J connectivity index is 2.51. The zero-order valence-electron chi connectivity index (χ0n) is 11.4. The second-order valence-electron chi connectivity index (χ2n) is 5.22. The third kappa shape index (κ3) is 3.21. The van der Waals surface area contributed by atoms with Crippen molar-refractivity contribution in [3.05, 3.63) is 0 Å². The van der Waals surface area contributed by atoms with Gasteiger partial charge in [-0.15, -0.1) is 0 Å². The molecule has 0 bridgehead atoms. The molecule has 0 spiro atoms. The summed E-state index contributed by atoms with van der Waals surface area (Å²) in [5.41, 5.74) is -0.777. The minimum absolute atomic E-state index is 0.0955. The molecule has 5 nitrogen and oxygen atoms in total. The maximum Gasteiger partial charge on any atom is 0.488 e. The maximum absolute atomic E-state index is 11.0. The first kappa shape index (κ1) is 14.5. The topological polar surface area (TPSA) is 54.0 Å². The van der Waals surface area contributed by atoms with Crippen molar-refractivity contribution in [2.75, 3.05) is 13.7 Å². The van der Waals surface area contributed by atoms with Crippen LogP contribution in [0.2, 0.25) is 0 Å². The fourth-order valence-electron chi connectivity index (χ4n) is 1.42. The van der Waals surface area contributed by atoms with Crippen LogP contribution in [0.1, 0.15) is 34.6 Å².